The summed E-state index contributed by atoms with van der Waals surface area (Å²) in [6.07, 6.45) is 3.75. The van der Waals surface area contributed by atoms with E-state index in [1.54, 1.807) is 42.4 Å². The number of rotatable bonds is 4. The molecule has 5 heteroatoms. The Kier molecular flexibility index (Phi) is 3.66. The smallest absolute Gasteiger partial charge is 0.233 e. The van der Waals surface area contributed by atoms with Gasteiger partial charge in [0.05, 0.1) is 17.7 Å². The molecule has 0 spiro atoms. The first-order valence-corrected chi connectivity index (χ1v) is 7.64. The molecule has 1 amide bonds. The predicted octanol–water partition coefficient (Wildman–Crippen LogP) is 2.94. The van der Waals surface area contributed by atoms with E-state index in [1.807, 2.05) is 13.8 Å². The van der Waals surface area contributed by atoms with Gasteiger partial charge in [-0.05, 0) is 24.0 Å². The van der Waals surface area contributed by atoms with Crippen molar-refractivity contribution in [1.29, 1.82) is 0 Å². The fourth-order valence-corrected chi connectivity index (χ4v) is 3.42. The van der Waals surface area contributed by atoms with Gasteiger partial charge in [-0.3, -0.25) is 4.79 Å². The highest BCUT2D eigenvalue weighted by Crippen LogP contribution is 2.65. The lowest BCUT2D eigenvalue weighted by molar-refractivity contribution is -0.134. The van der Waals surface area contributed by atoms with Crippen molar-refractivity contribution in [3.8, 4) is 0 Å². The fourth-order valence-electron chi connectivity index (χ4n) is 3.42. The molecule has 1 aromatic carbocycles. The highest BCUT2D eigenvalue weighted by Gasteiger charge is 2.68. The standard InChI is InChI=1S/C18H20FN3O/c1-17(2)11-18(17,14-6-4-5-7-15(14)19)16(23)22(3)10-13-8-9-20-12-21-13/h4-9,12H,10-11H2,1-3H3/t18-/m0/s1. The number of benzene rings is 1. The van der Waals surface area contributed by atoms with Crippen LogP contribution >= 0.6 is 0 Å². The normalized spacial score (nSPS) is 21.7. The van der Waals surface area contributed by atoms with Crippen LogP contribution in [0.3, 0.4) is 0 Å². The largest absolute Gasteiger partial charge is 0.339 e. The van der Waals surface area contributed by atoms with E-state index >= 15 is 0 Å². The Morgan fingerprint density at radius 2 is 2.00 bits per heavy atom. The van der Waals surface area contributed by atoms with Gasteiger partial charge in [-0.2, -0.15) is 0 Å². The number of hydrogen-bond acceptors (Lipinski definition) is 3. The lowest BCUT2D eigenvalue weighted by Gasteiger charge is -2.27. The maximum atomic E-state index is 14.3. The Hall–Kier alpha value is -2.30. The van der Waals surface area contributed by atoms with Gasteiger partial charge < -0.3 is 4.90 Å². The summed E-state index contributed by atoms with van der Waals surface area (Å²) in [5.41, 5.74) is 0.203. The van der Waals surface area contributed by atoms with Gasteiger partial charge in [0.1, 0.15) is 12.1 Å². The van der Waals surface area contributed by atoms with E-state index in [-0.39, 0.29) is 17.1 Å². The van der Waals surface area contributed by atoms with Crippen LogP contribution in [-0.4, -0.2) is 27.8 Å². The van der Waals surface area contributed by atoms with E-state index in [2.05, 4.69) is 9.97 Å². The predicted molar refractivity (Wildman–Crippen MR) is 85.0 cm³/mol. The summed E-state index contributed by atoms with van der Waals surface area (Å²) >= 11 is 0. The summed E-state index contributed by atoms with van der Waals surface area (Å²) in [4.78, 5) is 22.8. The minimum absolute atomic E-state index is 0.0637. The highest BCUT2D eigenvalue weighted by molar-refractivity contribution is 5.93. The van der Waals surface area contributed by atoms with E-state index in [1.165, 1.54) is 12.4 Å². The van der Waals surface area contributed by atoms with Crippen molar-refractivity contribution in [2.45, 2.75) is 32.2 Å². The van der Waals surface area contributed by atoms with E-state index in [0.29, 0.717) is 18.5 Å². The SMILES string of the molecule is CN(Cc1ccncn1)C(=O)[C@@]1(c2ccccc2F)CC1(C)C. The second kappa shape index (κ2) is 5.41. The Balaban J connectivity index is 1.91. The molecule has 0 saturated heterocycles. The van der Waals surface area contributed by atoms with Crippen molar-refractivity contribution >= 4 is 5.91 Å². The van der Waals surface area contributed by atoms with Crippen molar-refractivity contribution in [3.63, 3.8) is 0 Å². The zero-order valence-electron chi connectivity index (χ0n) is 13.6. The number of aromatic nitrogens is 2. The lowest BCUT2D eigenvalue weighted by Crippen LogP contribution is -2.39. The minimum Gasteiger partial charge on any atom is -0.339 e. The molecule has 1 aliphatic rings. The van der Waals surface area contributed by atoms with Gasteiger partial charge in [-0.1, -0.05) is 32.0 Å². The topological polar surface area (TPSA) is 46.1 Å². The second-order valence-corrected chi connectivity index (χ2v) is 6.81. The number of likely N-dealkylation sites (N-methyl/N-ethyl adjacent to an activating group) is 1. The lowest BCUT2D eigenvalue weighted by atomic mass is 9.86. The number of carbonyl (C=O) groups is 1. The molecule has 1 heterocycles. The summed E-state index contributed by atoms with van der Waals surface area (Å²) in [6.45, 7) is 4.40. The van der Waals surface area contributed by atoms with Crippen LogP contribution in [0.15, 0.2) is 42.9 Å². The van der Waals surface area contributed by atoms with Crippen molar-refractivity contribution < 1.29 is 9.18 Å². The van der Waals surface area contributed by atoms with Crippen molar-refractivity contribution in [2.24, 2.45) is 5.41 Å². The number of carbonyl (C=O) groups excluding carboxylic acids is 1. The monoisotopic (exact) mass is 313 g/mol. The van der Waals surface area contributed by atoms with E-state index in [0.717, 1.165) is 5.69 Å². The average molecular weight is 313 g/mol. The molecule has 0 bridgehead atoms. The Bertz CT molecular complexity index is 732. The molecule has 0 aliphatic heterocycles. The molecular formula is C18H20FN3O. The third kappa shape index (κ3) is 2.50. The first-order chi connectivity index (χ1) is 10.9. The summed E-state index contributed by atoms with van der Waals surface area (Å²) in [5, 5.41) is 0. The van der Waals surface area contributed by atoms with Gasteiger partial charge in [0.25, 0.3) is 0 Å². The number of hydrogen-bond donors (Lipinski definition) is 0. The number of amides is 1. The van der Waals surface area contributed by atoms with E-state index in [4.69, 9.17) is 0 Å². The maximum absolute atomic E-state index is 14.3. The van der Waals surface area contributed by atoms with Crippen molar-refractivity contribution in [3.05, 3.63) is 59.9 Å². The highest BCUT2D eigenvalue weighted by atomic mass is 19.1. The summed E-state index contributed by atoms with van der Waals surface area (Å²) in [6, 6.07) is 8.35. The molecule has 120 valence electrons. The van der Waals surface area contributed by atoms with Crippen LogP contribution < -0.4 is 0 Å². The Morgan fingerprint density at radius 1 is 1.30 bits per heavy atom. The van der Waals surface area contributed by atoms with Crippen molar-refractivity contribution in [1.82, 2.24) is 14.9 Å². The van der Waals surface area contributed by atoms with Gasteiger partial charge in [0.2, 0.25) is 5.91 Å². The molecular weight excluding hydrogens is 293 g/mol. The molecule has 1 aliphatic carbocycles. The molecule has 1 aromatic heterocycles. The first-order valence-electron chi connectivity index (χ1n) is 7.64. The Labute approximate surface area is 135 Å². The average Bonchev–Trinajstić information content (AvgIpc) is 3.11. The summed E-state index contributed by atoms with van der Waals surface area (Å²) in [7, 11) is 1.74. The Morgan fingerprint density at radius 3 is 2.57 bits per heavy atom. The van der Waals surface area contributed by atoms with Crippen molar-refractivity contribution in [2.75, 3.05) is 7.05 Å². The molecule has 1 fully saturated rings. The minimum atomic E-state index is -0.792. The zero-order chi connectivity index (χ0) is 16.7. The summed E-state index contributed by atoms with van der Waals surface area (Å²) in [5.74, 6) is -0.381. The molecule has 0 radical (unpaired) electrons. The maximum Gasteiger partial charge on any atom is 0.233 e. The van der Waals surface area contributed by atoms with Crippen LogP contribution in [0.4, 0.5) is 4.39 Å². The van der Waals surface area contributed by atoms with Gasteiger partial charge >= 0.3 is 0 Å². The third-order valence-corrected chi connectivity index (χ3v) is 4.83. The molecule has 1 atom stereocenters. The van der Waals surface area contributed by atoms with E-state index in [9.17, 15) is 9.18 Å². The van der Waals surface area contributed by atoms with Crippen LogP contribution in [-0.2, 0) is 16.8 Å². The second-order valence-electron chi connectivity index (χ2n) is 6.81. The zero-order valence-corrected chi connectivity index (χ0v) is 13.6. The quantitative estimate of drug-likeness (QED) is 0.872. The van der Waals surface area contributed by atoms with Gasteiger partial charge in [0.15, 0.2) is 0 Å². The van der Waals surface area contributed by atoms with Crippen LogP contribution in [0.1, 0.15) is 31.5 Å². The van der Waals surface area contributed by atoms with Gasteiger partial charge in [-0.15, -0.1) is 0 Å². The molecule has 23 heavy (non-hydrogen) atoms. The molecule has 4 nitrogen and oxygen atoms in total. The number of halogens is 1. The van der Waals surface area contributed by atoms with Crippen LogP contribution in [0, 0.1) is 11.2 Å². The van der Waals surface area contributed by atoms with Crippen LogP contribution in [0.5, 0.6) is 0 Å². The molecule has 2 aromatic rings. The molecule has 3 rings (SSSR count). The fraction of sp³-hybridized carbons (Fsp3) is 0.389. The van der Waals surface area contributed by atoms with Crippen LogP contribution in [0.2, 0.25) is 0 Å². The summed E-state index contributed by atoms with van der Waals surface area (Å²) < 4.78 is 14.3. The molecule has 0 N–H and O–H groups in total. The first kappa shape index (κ1) is 15.6. The molecule has 1 saturated carbocycles. The number of nitrogens with zero attached hydrogens (tertiary/aromatic N) is 3. The van der Waals surface area contributed by atoms with Gasteiger partial charge in [-0.25, -0.2) is 14.4 Å². The molecule has 0 unspecified atom stereocenters. The van der Waals surface area contributed by atoms with E-state index < -0.39 is 5.41 Å². The van der Waals surface area contributed by atoms with Gasteiger partial charge in [0, 0.05) is 18.8 Å². The third-order valence-electron chi connectivity index (χ3n) is 4.83. The van der Waals surface area contributed by atoms with Crippen LogP contribution in [0.25, 0.3) is 0 Å².